The Hall–Kier alpha value is -2.65. The Kier molecular flexibility index (Phi) is 6.25. The molecule has 1 aliphatic carbocycles. The molecule has 2 fully saturated rings. The maximum Gasteiger partial charge on any atom is 0.247 e. The van der Waals surface area contributed by atoms with Crippen LogP contribution in [0.3, 0.4) is 0 Å². The summed E-state index contributed by atoms with van der Waals surface area (Å²) in [7, 11) is 0. The summed E-state index contributed by atoms with van der Waals surface area (Å²) in [5.41, 5.74) is 2.46. The highest BCUT2D eigenvalue weighted by molar-refractivity contribution is 7.98. The Morgan fingerprint density at radius 2 is 1.88 bits per heavy atom. The van der Waals surface area contributed by atoms with Crippen molar-refractivity contribution in [1.82, 2.24) is 14.3 Å². The number of imidazole rings is 1. The molecule has 0 bridgehead atoms. The van der Waals surface area contributed by atoms with E-state index in [1.54, 1.807) is 23.1 Å². The summed E-state index contributed by atoms with van der Waals surface area (Å²) >= 11 is 3.18. The molecule has 1 N–H and O–H groups in total. The van der Waals surface area contributed by atoms with Crippen LogP contribution in [-0.4, -0.2) is 50.1 Å². The Labute approximate surface area is 200 Å². The molecule has 1 aliphatic heterocycles. The largest absolute Gasteiger partial charge is 0.324 e. The van der Waals surface area contributed by atoms with E-state index in [4.69, 9.17) is 0 Å². The first-order valence-electron chi connectivity index (χ1n) is 11.3. The molecule has 9 heteroatoms. The quantitative estimate of drug-likeness (QED) is 0.508. The second kappa shape index (κ2) is 9.30. The molecule has 5 rings (SSSR count). The van der Waals surface area contributed by atoms with Gasteiger partial charge in [0.25, 0.3) is 0 Å². The summed E-state index contributed by atoms with van der Waals surface area (Å²) in [5.74, 6) is -0.443. The van der Waals surface area contributed by atoms with Gasteiger partial charge < -0.3 is 5.32 Å². The van der Waals surface area contributed by atoms with Crippen molar-refractivity contribution in [1.29, 1.82) is 0 Å². The number of thioether (sulfide) groups is 1. The predicted octanol–water partition coefficient (Wildman–Crippen LogP) is 4.30. The third kappa shape index (κ3) is 4.19. The Balaban J connectivity index is 1.33. The van der Waals surface area contributed by atoms with Crippen LogP contribution < -0.4 is 5.32 Å². The summed E-state index contributed by atoms with van der Waals surface area (Å²) in [4.78, 5) is 46.2. The number of nitrogens with zero attached hydrogens (tertiary/aromatic N) is 3. The fourth-order valence-electron chi connectivity index (χ4n) is 4.92. The summed E-state index contributed by atoms with van der Waals surface area (Å²) in [6.45, 7) is 0. The molecule has 3 amide bonds. The van der Waals surface area contributed by atoms with E-state index in [-0.39, 0.29) is 29.6 Å². The van der Waals surface area contributed by atoms with Gasteiger partial charge in [0.1, 0.15) is 6.04 Å². The first kappa shape index (κ1) is 22.2. The molecule has 0 radical (unpaired) electrons. The number of aromatic nitrogens is 2. The highest BCUT2D eigenvalue weighted by atomic mass is 32.2. The molecule has 7 nitrogen and oxygen atoms in total. The van der Waals surface area contributed by atoms with E-state index in [0.717, 1.165) is 41.9 Å². The van der Waals surface area contributed by atoms with Gasteiger partial charge in [-0.1, -0.05) is 25.0 Å². The van der Waals surface area contributed by atoms with Gasteiger partial charge in [-0.2, -0.15) is 11.8 Å². The van der Waals surface area contributed by atoms with E-state index in [0.29, 0.717) is 17.9 Å². The van der Waals surface area contributed by atoms with Crippen LogP contribution in [-0.2, 0) is 14.4 Å². The molecule has 2 aliphatic rings. The first-order valence-corrected chi connectivity index (χ1v) is 13.5. The topological polar surface area (TPSA) is 83.8 Å². The van der Waals surface area contributed by atoms with Gasteiger partial charge in [0.05, 0.1) is 17.5 Å². The van der Waals surface area contributed by atoms with Crippen LogP contribution in [0.4, 0.5) is 5.69 Å². The maximum absolute atomic E-state index is 13.3. The minimum Gasteiger partial charge on any atom is -0.324 e. The molecule has 0 spiro atoms. The van der Waals surface area contributed by atoms with E-state index in [1.807, 2.05) is 52.7 Å². The molecular formula is C24H26N4O3S2. The summed E-state index contributed by atoms with van der Waals surface area (Å²) in [6.07, 6.45) is 9.78. The fraction of sp³-hybridized carbons (Fsp3) is 0.417. The van der Waals surface area contributed by atoms with Crippen molar-refractivity contribution in [2.75, 3.05) is 17.3 Å². The van der Waals surface area contributed by atoms with Gasteiger partial charge in [0.15, 0.2) is 4.96 Å². The average Bonchev–Trinajstić information content (AvgIpc) is 3.50. The number of benzene rings is 1. The molecule has 0 unspecified atom stereocenters. The van der Waals surface area contributed by atoms with Crippen LogP contribution >= 0.6 is 23.1 Å². The Bertz CT molecular complexity index is 1130. The SMILES string of the molecule is CSCC[C@H](C(=O)Nc1ccc(-c2cn3ccsc3n2)cc1)N1C(=O)[C@H]2CCCC[C@H]2C1=O. The van der Waals surface area contributed by atoms with Crippen LogP contribution in [0.15, 0.2) is 42.0 Å². The molecule has 1 saturated heterocycles. The number of hydrogen-bond donors (Lipinski definition) is 1. The number of hydrogen-bond acceptors (Lipinski definition) is 6. The zero-order valence-electron chi connectivity index (χ0n) is 18.4. The lowest BCUT2D eigenvalue weighted by molar-refractivity contribution is -0.146. The van der Waals surface area contributed by atoms with E-state index in [2.05, 4.69) is 10.3 Å². The van der Waals surface area contributed by atoms with Crippen molar-refractivity contribution in [3.8, 4) is 11.3 Å². The molecule has 1 saturated carbocycles. The van der Waals surface area contributed by atoms with Crippen molar-refractivity contribution >= 4 is 51.5 Å². The van der Waals surface area contributed by atoms with Crippen LogP contribution in [0, 0.1) is 11.8 Å². The number of nitrogens with one attached hydrogen (secondary N) is 1. The third-order valence-corrected chi connectivity index (χ3v) is 8.04. The lowest BCUT2D eigenvalue weighted by Gasteiger charge is -2.26. The molecule has 3 aromatic rings. The van der Waals surface area contributed by atoms with Crippen LogP contribution in [0.1, 0.15) is 32.1 Å². The third-order valence-electron chi connectivity index (χ3n) is 6.63. The number of carbonyl (C=O) groups is 3. The highest BCUT2D eigenvalue weighted by Crippen LogP contribution is 2.39. The van der Waals surface area contributed by atoms with Crippen LogP contribution in [0.25, 0.3) is 16.2 Å². The summed E-state index contributed by atoms with van der Waals surface area (Å²) in [6, 6.07) is 6.72. The second-order valence-electron chi connectivity index (χ2n) is 8.63. The van der Waals surface area contributed by atoms with E-state index >= 15 is 0 Å². The number of rotatable bonds is 7. The molecule has 3 atom stereocenters. The number of fused-ring (bicyclic) bond motifs is 2. The highest BCUT2D eigenvalue weighted by Gasteiger charge is 2.51. The average molecular weight is 483 g/mol. The Morgan fingerprint density at radius 3 is 2.52 bits per heavy atom. The normalized spacial score (nSPS) is 21.4. The predicted molar refractivity (Wildman–Crippen MR) is 131 cm³/mol. The molecule has 2 aromatic heterocycles. The number of likely N-dealkylation sites (tertiary alicyclic amines) is 1. The van der Waals surface area contributed by atoms with Crippen molar-refractivity contribution in [3.63, 3.8) is 0 Å². The second-order valence-corrected chi connectivity index (χ2v) is 10.5. The standard InChI is InChI=1S/C24H26N4O3S2/c1-32-12-10-20(28-22(30)17-4-2-3-5-18(17)23(28)31)21(29)25-16-8-6-15(7-9-16)19-14-27-11-13-33-24(27)26-19/h6-9,11,13-14,17-18,20H,2-5,10,12H2,1H3,(H,25,29)/t17-,18+,20-/m1/s1. The molecule has 1 aromatic carbocycles. The van der Waals surface area contributed by atoms with Crippen molar-refractivity contribution in [3.05, 3.63) is 42.0 Å². The van der Waals surface area contributed by atoms with Gasteiger partial charge in [0, 0.05) is 29.0 Å². The van der Waals surface area contributed by atoms with E-state index in [9.17, 15) is 14.4 Å². The van der Waals surface area contributed by atoms with E-state index in [1.165, 1.54) is 4.90 Å². The monoisotopic (exact) mass is 482 g/mol. The zero-order chi connectivity index (χ0) is 22.9. The number of imide groups is 1. The van der Waals surface area contributed by atoms with Gasteiger partial charge in [-0.05, 0) is 43.4 Å². The molecule has 33 heavy (non-hydrogen) atoms. The lowest BCUT2D eigenvalue weighted by atomic mass is 9.81. The fourth-order valence-corrected chi connectivity index (χ4v) is 6.08. The smallest absolute Gasteiger partial charge is 0.247 e. The molecule has 172 valence electrons. The minimum atomic E-state index is -0.775. The summed E-state index contributed by atoms with van der Waals surface area (Å²) in [5, 5.41) is 4.92. The number of anilines is 1. The van der Waals surface area contributed by atoms with Gasteiger partial charge in [-0.25, -0.2) is 4.98 Å². The Morgan fingerprint density at radius 1 is 1.18 bits per heavy atom. The number of carbonyl (C=O) groups excluding carboxylic acids is 3. The maximum atomic E-state index is 13.3. The van der Waals surface area contributed by atoms with Crippen molar-refractivity contribution in [2.45, 2.75) is 38.1 Å². The van der Waals surface area contributed by atoms with Crippen LogP contribution in [0.2, 0.25) is 0 Å². The molecular weight excluding hydrogens is 456 g/mol. The van der Waals surface area contributed by atoms with Gasteiger partial charge in [0.2, 0.25) is 17.7 Å². The van der Waals surface area contributed by atoms with Crippen molar-refractivity contribution in [2.24, 2.45) is 11.8 Å². The van der Waals surface area contributed by atoms with E-state index < -0.39 is 6.04 Å². The van der Waals surface area contributed by atoms with Crippen molar-refractivity contribution < 1.29 is 14.4 Å². The lowest BCUT2D eigenvalue weighted by Crippen LogP contribution is -2.48. The zero-order valence-corrected chi connectivity index (χ0v) is 20.0. The molecule has 3 heterocycles. The van der Waals surface area contributed by atoms with Gasteiger partial charge in [-0.15, -0.1) is 11.3 Å². The van der Waals surface area contributed by atoms with Gasteiger partial charge >= 0.3 is 0 Å². The number of thiazole rings is 1. The first-order chi connectivity index (χ1) is 16.1. The number of amides is 3. The minimum absolute atomic E-state index is 0.166. The van der Waals surface area contributed by atoms with Gasteiger partial charge in [-0.3, -0.25) is 23.7 Å². The summed E-state index contributed by atoms with van der Waals surface area (Å²) < 4.78 is 1.98. The van der Waals surface area contributed by atoms with Crippen LogP contribution in [0.5, 0.6) is 0 Å².